The second-order valence-electron chi connectivity index (χ2n) is 15.5. The largest absolute Gasteiger partial charge is 0.0628 e. The molecule has 0 saturated carbocycles. The van der Waals surface area contributed by atoms with Crippen molar-refractivity contribution in [3.05, 3.63) is 82.9 Å². The summed E-state index contributed by atoms with van der Waals surface area (Å²) >= 11 is 0. The SMILES string of the molecule is CC(C)CCCC(C)CCCC(C)CCCC(C)C.Cc1ccc2cc3c(C)c4cc5ccc(C)cc5c(C)c4cc3cc2c1. The first-order valence-corrected chi connectivity index (χ1v) is 18.2. The molecule has 45 heavy (non-hydrogen) atoms. The highest BCUT2D eigenvalue weighted by Gasteiger charge is 2.11. The molecule has 0 fully saturated rings. The van der Waals surface area contributed by atoms with Crippen molar-refractivity contribution >= 4 is 43.1 Å². The molecule has 5 aromatic carbocycles. The van der Waals surface area contributed by atoms with Crippen LogP contribution in [-0.2, 0) is 0 Å². The molecule has 0 bridgehead atoms. The first kappa shape index (κ1) is 35.0. The fraction of sp³-hybridized carbons (Fsp3) is 0.511. The maximum absolute atomic E-state index is 2.45. The second-order valence-corrected chi connectivity index (χ2v) is 15.5. The maximum Gasteiger partial charge on any atom is -0.0139 e. The van der Waals surface area contributed by atoms with Gasteiger partial charge in [-0.15, -0.1) is 0 Å². The average molecular weight is 603 g/mol. The van der Waals surface area contributed by atoms with Gasteiger partial charge >= 0.3 is 0 Å². The lowest BCUT2D eigenvalue weighted by Crippen LogP contribution is -2.00. The number of hydrogen-bond donors (Lipinski definition) is 0. The van der Waals surface area contributed by atoms with Gasteiger partial charge in [0.15, 0.2) is 0 Å². The van der Waals surface area contributed by atoms with E-state index in [4.69, 9.17) is 0 Å². The van der Waals surface area contributed by atoms with E-state index in [0.717, 1.165) is 23.7 Å². The molecular weight excluding hydrogens is 540 g/mol. The number of benzene rings is 5. The standard InChI is InChI=1S/C26H22.C19H40/c1-15-5-7-19-12-24-18(4)25-13-20-8-6-16(2)10-23(20)17(3)26(25)14-22(24)11-21(19)9-15;1-16(2)10-7-12-18(5)14-9-15-19(6)13-8-11-17(3)4/h5-14H,1-4H3;16-19H,7-15H2,1-6H3. The number of aryl methyl sites for hydroxylation is 4. The van der Waals surface area contributed by atoms with Crippen molar-refractivity contribution in [1.82, 2.24) is 0 Å². The molecule has 5 aromatic rings. The van der Waals surface area contributed by atoms with E-state index in [2.05, 4.69) is 130 Å². The first-order valence-electron chi connectivity index (χ1n) is 18.2. The number of hydrogen-bond acceptors (Lipinski definition) is 0. The van der Waals surface area contributed by atoms with Crippen LogP contribution >= 0.6 is 0 Å². The quantitative estimate of drug-likeness (QED) is 0.125. The summed E-state index contributed by atoms with van der Waals surface area (Å²) in [6.45, 7) is 23.1. The number of fused-ring (bicyclic) bond motifs is 4. The molecule has 0 heterocycles. The van der Waals surface area contributed by atoms with Crippen LogP contribution in [0.3, 0.4) is 0 Å². The van der Waals surface area contributed by atoms with Gasteiger partial charge in [-0.3, -0.25) is 0 Å². The molecule has 0 aliphatic rings. The topological polar surface area (TPSA) is 0 Å². The minimum atomic E-state index is 0.883. The number of rotatable bonds is 12. The predicted molar refractivity (Wildman–Crippen MR) is 205 cm³/mol. The van der Waals surface area contributed by atoms with Crippen LogP contribution in [0.15, 0.2) is 60.7 Å². The molecule has 2 unspecified atom stereocenters. The first-order chi connectivity index (χ1) is 21.4. The third-order valence-electron chi connectivity index (χ3n) is 10.2. The summed E-state index contributed by atoms with van der Waals surface area (Å²) in [5, 5.41) is 10.8. The van der Waals surface area contributed by atoms with E-state index >= 15 is 0 Å². The van der Waals surface area contributed by atoms with Gasteiger partial charge in [0.1, 0.15) is 0 Å². The molecule has 5 rings (SSSR count). The summed E-state index contributed by atoms with van der Waals surface area (Å²) < 4.78 is 0. The van der Waals surface area contributed by atoms with Crippen LogP contribution in [0.2, 0.25) is 0 Å². The van der Waals surface area contributed by atoms with E-state index in [1.807, 2.05) is 0 Å². The molecule has 2 atom stereocenters. The zero-order valence-electron chi connectivity index (χ0n) is 30.4. The molecule has 0 N–H and O–H groups in total. The van der Waals surface area contributed by atoms with Crippen molar-refractivity contribution in [1.29, 1.82) is 0 Å². The van der Waals surface area contributed by atoms with Crippen LogP contribution in [0.25, 0.3) is 43.1 Å². The van der Waals surface area contributed by atoms with Crippen LogP contribution in [0.4, 0.5) is 0 Å². The zero-order valence-corrected chi connectivity index (χ0v) is 30.4. The Hall–Kier alpha value is -2.86. The van der Waals surface area contributed by atoms with E-state index in [9.17, 15) is 0 Å². The third kappa shape index (κ3) is 9.57. The minimum Gasteiger partial charge on any atom is -0.0628 e. The Bertz CT molecular complexity index is 1680. The highest BCUT2D eigenvalue weighted by molar-refractivity contribution is 6.12. The van der Waals surface area contributed by atoms with E-state index in [1.54, 1.807) is 0 Å². The van der Waals surface area contributed by atoms with Crippen LogP contribution in [0, 0.1) is 51.4 Å². The van der Waals surface area contributed by atoms with Gasteiger partial charge < -0.3 is 0 Å². The Morgan fingerprint density at radius 2 is 0.800 bits per heavy atom. The summed E-state index contributed by atoms with van der Waals surface area (Å²) in [6, 6.07) is 23.0. The highest BCUT2D eigenvalue weighted by atomic mass is 14.2. The van der Waals surface area contributed by atoms with E-state index in [-0.39, 0.29) is 0 Å². The third-order valence-corrected chi connectivity index (χ3v) is 10.2. The molecule has 0 radical (unpaired) electrons. The summed E-state index contributed by atoms with van der Waals surface area (Å²) in [6.07, 6.45) is 12.9. The Morgan fingerprint density at radius 1 is 0.378 bits per heavy atom. The lowest BCUT2D eigenvalue weighted by Gasteiger charge is -2.15. The molecule has 0 aliphatic carbocycles. The summed E-state index contributed by atoms with van der Waals surface area (Å²) in [5.41, 5.74) is 5.40. The van der Waals surface area contributed by atoms with Crippen LogP contribution in [-0.4, -0.2) is 0 Å². The van der Waals surface area contributed by atoms with Crippen LogP contribution in [0.1, 0.15) is 122 Å². The highest BCUT2D eigenvalue weighted by Crippen LogP contribution is 2.36. The van der Waals surface area contributed by atoms with Crippen molar-refractivity contribution in [3.8, 4) is 0 Å². The molecule has 0 saturated heterocycles. The fourth-order valence-electron chi connectivity index (χ4n) is 7.23. The van der Waals surface area contributed by atoms with Gasteiger partial charge in [0.05, 0.1) is 0 Å². The van der Waals surface area contributed by atoms with Gasteiger partial charge in [0.25, 0.3) is 0 Å². The minimum absolute atomic E-state index is 0.883. The molecule has 0 aliphatic heterocycles. The van der Waals surface area contributed by atoms with Crippen molar-refractivity contribution in [3.63, 3.8) is 0 Å². The van der Waals surface area contributed by atoms with E-state index in [0.29, 0.717) is 0 Å². The van der Waals surface area contributed by atoms with Crippen molar-refractivity contribution in [2.45, 2.75) is 127 Å². The van der Waals surface area contributed by atoms with Crippen LogP contribution < -0.4 is 0 Å². The summed E-state index contributed by atoms with van der Waals surface area (Å²) in [5.74, 6) is 3.66. The Morgan fingerprint density at radius 3 is 1.33 bits per heavy atom. The molecule has 0 aromatic heterocycles. The van der Waals surface area contributed by atoms with Gasteiger partial charge in [-0.1, -0.05) is 147 Å². The Kier molecular flexibility index (Phi) is 12.5. The normalized spacial score (nSPS) is 13.2. The molecule has 0 spiro atoms. The summed E-state index contributed by atoms with van der Waals surface area (Å²) in [4.78, 5) is 0. The lowest BCUT2D eigenvalue weighted by atomic mass is 9.90. The van der Waals surface area contributed by atoms with Gasteiger partial charge in [-0.2, -0.15) is 0 Å². The van der Waals surface area contributed by atoms with Crippen molar-refractivity contribution in [2.24, 2.45) is 23.7 Å². The van der Waals surface area contributed by atoms with Gasteiger partial charge in [0.2, 0.25) is 0 Å². The molecular formula is C45H62. The van der Waals surface area contributed by atoms with Gasteiger partial charge in [0, 0.05) is 0 Å². The molecule has 0 heteroatoms. The smallest absolute Gasteiger partial charge is 0.0139 e. The predicted octanol–water partition coefficient (Wildman–Crippen LogP) is 14.6. The lowest BCUT2D eigenvalue weighted by molar-refractivity contribution is 0.381. The zero-order chi connectivity index (χ0) is 32.7. The molecule has 0 nitrogen and oxygen atoms in total. The molecule has 0 amide bonds. The van der Waals surface area contributed by atoms with Gasteiger partial charge in [-0.25, -0.2) is 0 Å². The second kappa shape index (κ2) is 16.1. The average Bonchev–Trinajstić information content (AvgIpc) is 2.97. The van der Waals surface area contributed by atoms with Gasteiger partial charge in [-0.05, 0) is 130 Å². The van der Waals surface area contributed by atoms with Crippen molar-refractivity contribution < 1.29 is 0 Å². The fourth-order valence-corrected chi connectivity index (χ4v) is 7.23. The Balaban J connectivity index is 0.000000218. The molecule has 242 valence electrons. The van der Waals surface area contributed by atoms with E-state index in [1.165, 1.54) is 123 Å². The maximum atomic E-state index is 2.45. The van der Waals surface area contributed by atoms with E-state index < -0.39 is 0 Å². The summed E-state index contributed by atoms with van der Waals surface area (Å²) in [7, 11) is 0. The Labute approximate surface area is 276 Å². The van der Waals surface area contributed by atoms with Crippen LogP contribution in [0.5, 0.6) is 0 Å². The monoisotopic (exact) mass is 602 g/mol. The van der Waals surface area contributed by atoms with Crippen molar-refractivity contribution in [2.75, 3.05) is 0 Å².